The number of benzene rings is 3. The number of para-hydroxylation sites is 1. The van der Waals surface area contributed by atoms with Crippen LogP contribution < -0.4 is 5.32 Å². The predicted octanol–water partition coefficient (Wildman–Crippen LogP) is 5.45. The molecule has 6 heteroatoms. The molecule has 4 aromatic rings. The van der Waals surface area contributed by atoms with Crippen LogP contribution in [-0.4, -0.2) is 21.4 Å². The van der Waals surface area contributed by atoms with Crippen LogP contribution in [0.1, 0.15) is 18.4 Å². The van der Waals surface area contributed by atoms with Crippen molar-refractivity contribution in [1.82, 2.24) is 10.2 Å². The highest BCUT2D eigenvalue weighted by molar-refractivity contribution is 8.00. The summed E-state index contributed by atoms with van der Waals surface area (Å²) in [6, 6.07) is 27.7. The van der Waals surface area contributed by atoms with Gasteiger partial charge in [0.1, 0.15) is 0 Å². The fourth-order valence-electron chi connectivity index (χ4n) is 3.03. The molecule has 0 bridgehead atoms. The van der Waals surface area contributed by atoms with Crippen molar-refractivity contribution >= 4 is 23.4 Å². The van der Waals surface area contributed by atoms with E-state index in [0.717, 1.165) is 22.4 Å². The molecule has 0 spiro atoms. The van der Waals surface area contributed by atoms with Crippen LogP contribution in [0, 0.1) is 0 Å². The lowest BCUT2D eigenvalue weighted by Gasteiger charge is -2.14. The van der Waals surface area contributed by atoms with Crippen LogP contribution in [0.4, 0.5) is 5.69 Å². The second kappa shape index (κ2) is 9.41. The molecule has 30 heavy (non-hydrogen) atoms. The first-order valence-corrected chi connectivity index (χ1v) is 10.6. The van der Waals surface area contributed by atoms with Gasteiger partial charge < -0.3 is 9.73 Å². The molecule has 1 amide bonds. The zero-order chi connectivity index (χ0) is 20.8. The van der Waals surface area contributed by atoms with Gasteiger partial charge in [-0.2, -0.15) is 0 Å². The number of aromatic nitrogens is 2. The first-order chi connectivity index (χ1) is 14.7. The average molecular weight is 416 g/mol. The van der Waals surface area contributed by atoms with Crippen molar-refractivity contribution < 1.29 is 9.21 Å². The number of nitrogens with zero attached hydrogens (tertiary/aromatic N) is 2. The predicted molar refractivity (Wildman–Crippen MR) is 119 cm³/mol. The Labute approximate surface area is 179 Å². The Morgan fingerprint density at radius 2 is 1.60 bits per heavy atom. The Balaban J connectivity index is 1.41. The highest BCUT2D eigenvalue weighted by Crippen LogP contribution is 2.29. The van der Waals surface area contributed by atoms with Gasteiger partial charge in [0.05, 0.1) is 11.7 Å². The Bertz CT molecular complexity index is 1110. The maximum atomic E-state index is 12.8. The highest BCUT2D eigenvalue weighted by atomic mass is 32.2. The number of anilines is 1. The molecule has 0 aliphatic rings. The minimum Gasteiger partial charge on any atom is -0.416 e. The Morgan fingerprint density at radius 1 is 0.933 bits per heavy atom. The van der Waals surface area contributed by atoms with Crippen LogP contribution in [-0.2, 0) is 11.2 Å². The molecule has 0 saturated heterocycles. The number of rotatable bonds is 7. The summed E-state index contributed by atoms with van der Waals surface area (Å²) in [5.74, 6) is 0.414. The molecule has 1 N–H and O–H groups in total. The number of carbonyl (C=O) groups is 1. The van der Waals surface area contributed by atoms with E-state index >= 15 is 0 Å². The monoisotopic (exact) mass is 415 g/mol. The van der Waals surface area contributed by atoms with Gasteiger partial charge in [0, 0.05) is 11.3 Å². The minimum atomic E-state index is -0.390. The molecule has 150 valence electrons. The van der Waals surface area contributed by atoms with Gasteiger partial charge in [-0.25, -0.2) is 0 Å². The molecule has 0 saturated carbocycles. The van der Waals surface area contributed by atoms with E-state index in [-0.39, 0.29) is 11.2 Å². The second-order valence-corrected chi connectivity index (χ2v) is 8.08. The Morgan fingerprint density at radius 3 is 2.37 bits per heavy atom. The molecule has 0 radical (unpaired) electrons. The van der Waals surface area contributed by atoms with Crippen molar-refractivity contribution in [3.63, 3.8) is 0 Å². The van der Waals surface area contributed by atoms with Crippen LogP contribution in [0.5, 0.6) is 0 Å². The molecule has 0 aliphatic heterocycles. The van der Waals surface area contributed by atoms with E-state index in [0.29, 0.717) is 17.5 Å². The average Bonchev–Trinajstić information content (AvgIpc) is 3.22. The molecule has 5 nitrogen and oxygen atoms in total. The number of hydrogen-bond acceptors (Lipinski definition) is 5. The summed E-state index contributed by atoms with van der Waals surface area (Å²) in [6.45, 7) is 1.83. The summed E-state index contributed by atoms with van der Waals surface area (Å²) in [4.78, 5) is 12.8. The maximum absolute atomic E-state index is 12.8. The normalized spacial score (nSPS) is 11.8. The van der Waals surface area contributed by atoms with Crippen LogP contribution >= 0.6 is 11.8 Å². The lowest BCUT2D eigenvalue weighted by molar-refractivity contribution is -0.115. The number of nitrogens with one attached hydrogen (secondary N) is 1. The number of hydrogen-bond donors (Lipinski definition) is 1. The topological polar surface area (TPSA) is 68.0 Å². The van der Waals surface area contributed by atoms with Gasteiger partial charge in [-0.05, 0) is 24.1 Å². The molecule has 1 atom stereocenters. The molecule has 3 aromatic carbocycles. The van der Waals surface area contributed by atoms with Crippen molar-refractivity contribution in [2.24, 2.45) is 0 Å². The van der Waals surface area contributed by atoms with Crippen LogP contribution in [0.15, 0.2) is 94.6 Å². The largest absolute Gasteiger partial charge is 0.416 e. The standard InChI is InChI=1S/C24H21N3O2S/c1-17(30-24-27-26-22(29-24)16-18-10-4-2-5-11-18)23(28)25-21-15-9-8-14-20(21)19-12-6-3-7-13-19/h2-15,17H,16H2,1H3,(H,25,28)/t17-/m1/s1. The molecule has 0 fully saturated rings. The smallest absolute Gasteiger partial charge is 0.277 e. The van der Waals surface area contributed by atoms with Crippen LogP contribution in [0.25, 0.3) is 11.1 Å². The zero-order valence-electron chi connectivity index (χ0n) is 16.5. The van der Waals surface area contributed by atoms with Crippen LogP contribution in [0.3, 0.4) is 0 Å². The lowest BCUT2D eigenvalue weighted by Crippen LogP contribution is -2.22. The van der Waals surface area contributed by atoms with E-state index in [2.05, 4.69) is 15.5 Å². The molecule has 1 heterocycles. The van der Waals surface area contributed by atoms with Gasteiger partial charge in [-0.15, -0.1) is 10.2 Å². The quantitative estimate of drug-likeness (QED) is 0.407. The minimum absolute atomic E-state index is 0.119. The fraction of sp³-hybridized carbons (Fsp3) is 0.125. The van der Waals surface area contributed by atoms with Gasteiger partial charge >= 0.3 is 0 Å². The van der Waals surface area contributed by atoms with Gasteiger partial charge in [0.2, 0.25) is 11.8 Å². The summed E-state index contributed by atoms with van der Waals surface area (Å²) in [5.41, 5.74) is 3.90. The van der Waals surface area contributed by atoms with Gasteiger partial charge in [-0.3, -0.25) is 4.79 Å². The first-order valence-electron chi connectivity index (χ1n) is 9.67. The van der Waals surface area contributed by atoms with Crippen LogP contribution in [0.2, 0.25) is 0 Å². The molecule has 4 rings (SSSR count). The van der Waals surface area contributed by atoms with E-state index < -0.39 is 0 Å². The van der Waals surface area contributed by atoms with E-state index in [4.69, 9.17) is 4.42 Å². The molecular weight excluding hydrogens is 394 g/mol. The van der Waals surface area contributed by atoms with Gasteiger partial charge in [-0.1, -0.05) is 90.6 Å². The summed E-state index contributed by atoms with van der Waals surface area (Å²) in [5, 5.41) is 11.2. The molecule has 0 unspecified atom stereocenters. The fourth-order valence-corrected chi connectivity index (χ4v) is 3.73. The SMILES string of the molecule is C[C@@H](Sc1nnc(Cc2ccccc2)o1)C(=O)Nc1ccccc1-c1ccccc1. The van der Waals surface area contributed by atoms with E-state index in [1.165, 1.54) is 11.8 Å². The Kier molecular flexibility index (Phi) is 6.25. The first kappa shape index (κ1) is 19.9. The summed E-state index contributed by atoms with van der Waals surface area (Å²) >= 11 is 1.25. The van der Waals surface area contributed by atoms with Crippen molar-refractivity contribution in [1.29, 1.82) is 0 Å². The van der Waals surface area contributed by atoms with E-state index in [9.17, 15) is 4.79 Å². The third kappa shape index (κ3) is 4.96. The van der Waals surface area contributed by atoms with Crippen molar-refractivity contribution in [2.75, 3.05) is 5.32 Å². The third-order valence-corrected chi connectivity index (χ3v) is 5.50. The van der Waals surface area contributed by atoms with E-state index in [1.54, 1.807) is 0 Å². The Hall–Kier alpha value is -3.38. The maximum Gasteiger partial charge on any atom is 0.277 e. The van der Waals surface area contributed by atoms with Crippen molar-refractivity contribution in [2.45, 2.75) is 23.8 Å². The van der Waals surface area contributed by atoms with Crippen molar-refractivity contribution in [3.05, 3.63) is 96.4 Å². The van der Waals surface area contributed by atoms with E-state index in [1.807, 2.05) is 91.9 Å². The summed E-state index contributed by atoms with van der Waals surface area (Å²) < 4.78 is 5.71. The summed E-state index contributed by atoms with van der Waals surface area (Å²) in [7, 11) is 0. The van der Waals surface area contributed by atoms with Gasteiger partial charge in [0.25, 0.3) is 5.22 Å². The van der Waals surface area contributed by atoms with Gasteiger partial charge in [0.15, 0.2) is 0 Å². The lowest BCUT2D eigenvalue weighted by atomic mass is 10.0. The van der Waals surface area contributed by atoms with Crippen molar-refractivity contribution in [3.8, 4) is 11.1 Å². The third-order valence-electron chi connectivity index (χ3n) is 4.56. The highest BCUT2D eigenvalue weighted by Gasteiger charge is 2.19. The molecule has 1 aromatic heterocycles. The number of thioether (sulfide) groups is 1. The zero-order valence-corrected chi connectivity index (χ0v) is 17.3. The molecular formula is C24H21N3O2S. The second-order valence-electron chi connectivity index (χ2n) is 6.79. The summed E-state index contributed by atoms with van der Waals surface area (Å²) in [6.07, 6.45) is 0.569. The number of amides is 1. The molecule has 0 aliphatic carbocycles. The number of carbonyl (C=O) groups excluding carboxylic acids is 1.